The number of hydrogen-bond donors (Lipinski definition) is 1. The van der Waals surface area contributed by atoms with Gasteiger partial charge in [-0.2, -0.15) is 0 Å². The Hall–Kier alpha value is -3.19. The van der Waals surface area contributed by atoms with Crippen LogP contribution in [0.3, 0.4) is 0 Å². The first kappa shape index (κ1) is 16.0. The molecule has 0 fully saturated rings. The minimum atomic E-state index is -0.230. The number of thiazole rings is 1. The number of carbonyl (C=O) groups excluding carboxylic acids is 1. The third kappa shape index (κ3) is 2.50. The molecule has 3 aromatic rings. The van der Waals surface area contributed by atoms with Gasteiger partial charge in [0.05, 0.1) is 5.57 Å². The van der Waals surface area contributed by atoms with Gasteiger partial charge in [-0.15, -0.1) is 0 Å². The second-order valence-corrected chi connectivity index (χ2v) is 7.62. The molecular weight excluding hydrogens is 360 g/mol. The van der Waals surface area contributed by atoms with Crippen molar-refractivity contribution in [3.8, 4) is 0 Å². The van der Waals surface area contributed by atoms with Gasteiger partial charge >= 0.3 is 0 Å². The molecule has 7 heteroatoms. The van der Waals surface area contributed by atoms with Crippen molar-refractivity contribution in [1.29, 1.82) is 0 Å². The number of amides is 1. The molecule has 2 aliphatic rings. The van der Waals surface area contributed by atoms with Crippen LogP contribution in [0.4, 0.5) is 11.4 Å². The first-order valence-electron chi connectivity index (χ1n) is 8.62. The Bertz CT molecular complexity index is 1260. The molecule has 2 aliphatic heterocycles. The van der Waals surface area contributed by atoms with Gasteiger partial charge in [0.15, 0.2) is 4.80 Å². The SMILES string of the molecule is Cc1ccc2c(c1)C(=c1sc3n(c1=O)CN(c1ccccc1)CN=3)C(=O)N2. The number of nitrogens with one attached hydrogen (secondary N) is 1. The molecule has 0 atom stereocenters. The van der Waals surface area contributed by atoms with Crippen molar-refractivity contribution in [2.45, 2.75) is 13.6 Å². The first-order valence-corrected chi connectivity index (χ1v) is 9.44. The van der Waals surface area contributed by atoms with E-state index in [1.807, 2.05) is 60.4 Å². The van der Waals surface area contributed by atoms with Crippen molar-refractivity contribution in [2.75, 3.05) is 16.9 Å². The van der Waals surface area contributed by atoms with Crippen molar-refractivity contribution in [1.82, 2.24) is 4.57 Å². The second-order valence-electron chi connectivity index (χ2n) is 6.64. The fourth-order valence-electron chi connectivity index (χ4n) is 3.47. The van der Waals surface area contributed by atoms with Gasteiger partial charge in [-0.05, 0) is 31.2 Å². The quantitative estimate of drug-likeness (QED) is 0.699. The molecule has 0 aliphatic carbocycles. The third-order valence-electron chi connectivity index (χ3n) is 4.82. The van der Waals surface area contributed by atoms with Crippen LogP contribution in [0.1, 0.15) is 11.1 Å². The molecule has 1 aromatic heterocycles. The molecule has 134 valence electrons. The van der Waals surface area contributed by atoms with Gasteiger partial charge in [0.1, 0.15) is 17.9 Å². The van der Waals surface area contributed by atoms with Crippen LogP contribution >= 0.6 is 11.3 Å². The molecule has 1 N–H and O–H groups in total. The zero-order valence-electron chi connectivity index (χ0n) is 14.6. The summed E-state index contributed by atoms with van der Waals surface area (Å²) in [4.78, 5) is 32.9. The summed E-state index contributed by atoms with van der Waals surface area (Å²) in [6, 6.07) is 15.6. The molecule has 0 spiro atoms. The Balaban J connectivity index is 1.68. The topological polar surface area (TPSA) is 66.7 Å². The average molecular weight is 376 g/mol. The molecule has 6 nitrogen and oxygen atoms in total. The van der Waals surface area contributed by atoms with Crippen LogP contribution in [-0.2, 0) is 11.5 Å². The van der Waals surface area contributed by atoms with Crippen LogP contribution in [0.2, 0.25) is 0 Å². The van der Waals surface area contributed by atoms with Crippen LogP contribution in [-0.4, -0.2) is 17.1 Å². The fraction of sp³-hybridized carbons (Fsp3) is 0.150. The maximum absolute atomic E-state index is 13.1. The van der Waals surface area contributed by atoms with Crippen molar-refractivity contribution in [2.24, 2.45) is 4.99 Å². The predicted molar refractivity (Wildman–Crippen MR) is 105 cm³/mol. The predicted octanol–water partition coefficient (Wildman–Crippen LogP) is 1.42. The minimum Gasteiger partial charge on any atom is -0.334 e. The van der Waals surface area contributed by atoms with Crippen LogP contribution in [0.25, 0.3) is 5.57 Å². The van der Waals surface area contributed by atoms with Crippen molar-refractivity contribution in [3.63, 3.8) is 0 Å². The molecule has 0 bridgehead atoms. The number of anilines is 2. The number of carbonyl (C=O) groups is 1. The first-order chi connectivity index (χ1) is 13.1. The molecule has 0 saturated carbocycles. The fourth-order valence-corrected chi connectivity index (χ4v) is 4.53. The third-order valence-corrected chi connectivity index (χ3v) is 5.94. The standard InChI is InChI=1S/C20H16N4O2S/c1-12-7-8-15-14(9-12)16(18(25)22-15)17-19(26)24-11-23(10-21-20(24)27-17)13-5-3-2-4-6-13/h2-9H,10-11H2,1H3,(H,22,25). The van der Waals surface area contributed by atoms with E-state index in [9.17, 15) is 9.59 Å². The van der Waals surface area contributed by atoms with Gasteiger partial charge in [0.25, 0.3) is 11.5 Å². The number of aryl methyl sites for hydroxylation is 1. The largest absolute Gasteiger partial charge is 0.334 e. The monoisotopic (exact) mass is 376 g/mol. The van der Waals surface area contributed by atoms with Crippen molar-refractivity contribution >= 4 is 34.2 Å². The lowest BCUT2D eigenvalue weighted by Gasteiger charge is -2.25. The highest BCUT2D eigenvalue weighted by atomic mass is 32.1. The molecule has 3 heterocycles. The number of hydrogen-bond acceptors (Lipinski definition) is 5. The molecule has 2 aromatic carbocycles. The smallest absolute Gasteiger partial charge is 0.272 e. The molecule has 27 heavy (non-hydrogen) atoms. The molecular formula is C20H16N4O2S. The normalized spacial score (nSPS) is 17.2. The maximum atomic E-state index is 13.1. The number of rotatable bonds is 1. The minimum absolute atomic E-state index is 0.168. The van der Waals surface area contributed by atoms with Gasteiger partial charge in [-0.3, -0.25) is 14.2 Å². The van der Waals surface area contributed by atoms with E-state index in [0.29, 0.717) is 28.2 Å². The summed E-state index contributed by atoms with van der Waals surface area (Å²) in [7, 11) is 0. The van der Waals surface area contributed by atoms with E-state index in [-0.39, 0.29) is 11.5 Å². The second kappa shape index (κ2) is 5.92. The lowest BCUT2D eigenvalue weighted by atomic mass is 10.1. The molecule has 0 unspecified atom stereocenters. The Labute approximate surface area is 158 Å². The Kier molecular flexibility index (Phi) is 3.51. The van der Waals surface area contributed by atoms with E-state index in [1.165, 1.54) is 11.3 Å². The lowest BCUT2D eigenvalue weighted by Crippen LogP contribution is -2.43. The summed E-state index contributed by atoms with van der Waals surface area (Å²) >= 11 is 1.29. The van der Waals surface area contributed by atoms with E-state index in [2.05, 4.69) is 10.3 Å². The van der Waals surface area contributed by atoms with Crippen LogP contribution in [0, 0.1) is 6.92 Å². The summed E-state index contributed by atoms with van der Waals surface area (Å²) < 4.78 is 2.09. The molecule has 5 rings (SSSR count). The van der Waals surface area contributed by atoms with Gasteiger partial charge in [-0.1, -0.05) is 41.2 Å². The summed E-state index contributed by atoms with van der Waals surface area (Å²) in [5.41, 5.74) is 3.88. The number of nitrogens with zero attached hydrogens (tertiary/aromatic N) is 3. The van der Waals surface area contributed by atoms with Crippen LogP contribution < -0.4 is 25.1 Å². The molecule has 0 saturated heterocycles. The number of aromatic nitrogens is 1. The Morgan fingerprint density at radius 3 is 2.74 bits per heavy atom. The number of benzene rings is 2. The summed E-state index contributed by atoms with van der Waals surface area (Å²) in [6.07, 6.45) is 0. The highest BCUT2D eigenvalue weighted by Crippen LogP contribution is 2.30. The summed E-state index contributed by atoms with van der Waals surface area (Å²) in [5, 5.41) is 2.86. The van der Waals surface area contributed by atoms with E-state index < -0.39 is 0 Å². The summed E-state index contributed by atoms with van der Waals surface area (Å²) in [5.74, 6) is -0.230. The van der Waals surface area contributed by atoms with Crippen LogP contribution in [0.5, 0.6) is 0 Å². The number of para-hydroxylation sites is 1. The lowest BCUT2D eigenvalue weighted by molar-refractivity contribution is -0.110. The zero-order chi connectivity index (χ0) is 18.5. The highest BCUT2D eigenvalue weighted by Gasteiger charge is 2.28. The van der Waals surface area contributed by atoms with Gasteiger partial charge in [0.2, 0.25) is 0 Å². The van der Waals surface area contributed by atoms with E-state index in [4.69, 9.17) is 0 Å². The Morgan fingerprint density at radius 1 is 1.11 bits per heavy atom. The summed E-state index contributed by atoms with van der Waals surface area (Å²) in [6.45, 7) is 2.88. The number of fused-ring (bicyclic) bond motifs is 2. The average Bonchev–Trinajstić information content (AvgIpc) is 3.18. The van der Waals surface area contributed by atoms with Crippen LogP contribution in [0.15, 0.2) is 58.3 Å². The van der Waals surface area contributed by atoms with Gasteiger partial charge in [0, 0.05) is 16.9 Å². The van der Waals surface area contributed by atoms with E-state index in [1.54, 1.807) is 4.57 Å². The Morgan fingerprint density at radius 2 is 1.93 bits per heavy atom. The maximum Gasteiger partial charge on any atom is 0.272 e. The molecule has 1 amide bonds. The van der Waals surface area contributed by atoms with Crippen molar-refractivity contribution in [3.05, 3.63) is 79.3 Å². The van der Waals surface area contributed by atoms with Gasteiger partial charge in [-0.25, -0.2) is 4.99 Å². The molecule has 0 radical (unpaired) electrons. The zero-order valence-corrected chi connectivity index (χ0v) is 15.4. The highest BCUT2D eigenvalue weighted by molar-refractivity contribution is 7.07. The van der Waals surface area contributed by atoms with E-state index in [0.717, 1.165) is 22.5 Å². The van der Waals surface area contributed by atoms with Gasteiger partial charge < -0.3 is 10.2 Å². The van der Waals surface area contributed by atoms with E-state index >= 15 is 0 Å². The van der Waals surface area contributed by atoms with Crippen molar-refractivity contribution < 1.29 is 4.79 Å².